The van der Waals surface area contributed by atoms with Crippen molar-refractivity contribution in [2.75, 3.05) is 0 Å². The van der Waals surface area contributed by atoms with E-state index >= 15 is 0 Å². The number of rotatable bonds is 1. The third-order valence-electron chi connectivity index (χ3n) is 1.99. The van der Waals surface area contributed by atoms with Crippen LogP contribution in [0.25, 0.3) is 0 Å². The van der Waals surface area contributed by atoms with E-state index in [9.17, 15) is 0 Å². The Morgan fingerprint density at radius 2 is 1.57 bits per heavy atom. The summed E-state index contributed by atoms with van der Waals surface area (Å²) in [5.41, 5.74) is 8.97. The van der Waals surface area contributed by atoms with Crippen LogP contribution in [0.3, 0.4) is 0 Å². The fraction of sp³-hybridized carbons (Fsp3) is 0.400. The van der Waals surface area contributed by atoms with Gasteiger partial charge in [-0.1, -0.05) is 20.8 Å². The molecule has 0 aliphatic carbocycles. The van der Waals surface area contributed by atoms with E-state index in [4.69, 9.17) is 5.53 Å². The Bertz CT molecular complexity index is 344. The van der Waals surface area contributed by atoms with Crippen molar-refractivity contribution in [2.45, 2.75) is 26.2 Å². The predicted molar refractivity (Wildman–Crippen MR) is 65.3 cm³/mol. The van der Waals surface area contributed by atoms with Crippen LogP contribution in [0.4, 0.5) is 5.69 Å². The van der Waals surface area contributed by atoms with E-state index < -0.39 is 0 Å². The largest absolute Gasteiger partial charge is 0.204 e. The topological polar surface area (TPSA) is 36.2 Å². The van der Waals surface area contributed by atoms with Crippen molar-refractivity contribution in [2.24, 2.45) is 5.11 Å². The molecule has 0 unspecified atom stereocenters. The van der Waals surface area contributed by atoms with Crippen LogP contribution in [0.1, 0.15) is 26.3 Å². The van der Waals surface area contributed by atoms with Crippen LogP contribution in [0.5, 0.6) is 0 Å². The third kappa shape index (κ3) is 2.42. The van der Waals surface area contributed by atoms with Gasteiger partial charge in [0, 0.05) is 8.95 Å². The molecule has 1 rings (SSSR count). The maximum Gasteiger partial charge on any atom is 0.113 e. The first-order valence-electron chi connectivity index (χ1n) is 4.23. The van der Waals surface area contributed by atoms with Gasteiger partial charge in [-0.05, 0) is 55.0 Å². The molecule has 0 saturated heterocycles. The molecular formula is C10H12Br2N2. The average molecular weight is 320 g/mol. The minimum absolute atomic E-state index is 0.103. The van der Waals surface area contributed by atoms with E-state index in [-0.39, 0.29) is 5.41 Å². The summed E-state index contributed by atoms with van der Waals surface area (Å²) in [5, 5.41) is 3.45. The van der Waals surface area contributed by atoms with Crippen LogP contribution < -0.4 is 0 Å². The van der Waals surface area contributed by atoms with Crippen LogP contribution in [0.2, 0.25) is 0 Å². The maximum absolute atomic E-state index is 7.02. The van der Waals surface area contributed by atoms with Crippen molar-refractivity contribution >= 4 is 37.5 Å². The van der Waals surface area contributed by atoms with Crippen LogP contribution in [-0.4, -0.2) is 0 Å². The number of benzene rings is 1. The molecule has 0 bridgehead atoms. The Morgan fingerprint density at radius 3 is 1.86 bits per heavy atom. The molecule has 0 aliphatic rings. The van der Waals surface area contributed by atoms with E-state index in [1.54, 1.807) is 0 Å². The minimum Gasteiger partial charge on any atom is -0.204 e. The van der Waals surface area contributed by atoms with Crippen molar-refractivity contribution in [3.63, 3.8) is 0 Å². The zero-order valence-electron chi connectivity index (χ0n) is 8.36. The molecule has 1 N–H and O–H groups in total. The fourth-order valence-corrected chi connectivity index (χ4v) is 2.47. The van der Waals surface area contributed by atoms with Gasteiger partial charge in [-0.25, -0.2) is 5.53 Å². The smallest absolute Gasteiger partial charge is 0.113 e. The third-order valence-corrected chi connectivity index (χ3v) is 3.20. The van der Waals surface area contributed by atoms with E-state index in [2.05, 4.69) is 57.7 Å². The monoisotopic (exact) mass is 318 g/mol. The zero-order valence-corrected chi connectivity index (χ0v) is 11.5. The predicted octanol–water partition coefficient (Wildman–Crippen LogP) is 5.17. The quantitative estimate of drug-likeness (QED) is 0.693. The summed E-state index contributed by atoms with van der Waals surface area (Å²) in [6.07, 6.45) is 0. The zero-order chi connectivity index (χ0) is 10.9. The molecule has 0 aliphatic heterocycles. The molecule has 1 aromatic rings. The van der Waals surface area contributed by atoms with Crippen molar-refractivity contribution in [3.05, 3.63) is 26.6 Å². The highest BCUT2D eigenvalue weighted by atomic mass is 79.9. The lowest BCUT2D eigenvalue weighted by Crippen LogP contribution is -2.10. The van der Waals surface area contributed by atoms with Crippen molar-refractivity contribution in [1.29, 1.82) is 5.53 Å². The molecule has 0 heterocycles. The Hall–Kier alpha value is -0.220. The van der Waals surface area contributed by atoms with Gasteiger partial charge >= 0.3 is 0 Å². The SMILES string of the molecule is CC(C)(C)c1cc(Br)c(N=N)c(Br)c1. The molecule has 76 valence electrons. The lowest BCUT2D eigenvalue weighted by Gasteiger charge is -2.20. The Kier molecular flexibility index (Phi) is 3.48. The average Bonchev–Trinajstić information content (AvgIpc) is 2.01. The van der Waals surface area contributed by atoms with Gasteiger partial charge in [0.15, 0.2) is 0 Å². The number of halogens is 2. The molecule has 0 aromatic heterocycles. The first-order valence-corrected chi connectivity index (χ1v) is 5.82. The first kappa shape index (κ1) is 11.9. The van der Waals surface area contributed by atoms with Gasteiger partial charge in [0.05, 0.1) is 0 Å². The van der Waals surface area contributed by atoms with Crippen molar-refractivity contribution in [1.82, 2.24) is 0 Å². The summed E-state index contributed by atoms with van der Waals surface area (Å²) in [6, 6.07) is 4.02. The highest BCUT2D eigenvalue weighted by Crippen LogP contribution is 2.37. The summed E-state index contributed by atoms with van der Waals surface area (Å²) in [6.45, 7) is 6.45. The van der Waals surface area contributed by atoms with Gasteiger partial charge in [0.25, 0.3) is 0 Å². The molecular weight excluding hydrogens is 308 g/mol. The Balaban J connectivity index is 3.35. The molecule has 0 atom stereocenters. The molecule has 1 aromatic carbocycles. The lowest BCUT2D eigenvalue weighted by molar-refractivity contribution is 0.589. The summed E-state index contributed by atoms with van der Waals surface area (Å²) < 4.78 is 1.71. The van der Waals surface area contributed by atoms with E-state index in [0.717, 1.165) is 8.95 Å². The Labute approximate surface area is 101 Å². The van der Waals surface area contributed by atoms with E-state index in [1.807, 2.05) is 12.1 Å². The molecule has 0 radical (unpaired) electrons. The highest BCUT2D eigenvalue weighted by molar-refractivity contribution is 9.11. The van der Waals surface area contributed by atoms with E-state index in [0.29, 0.717) is 5.69 Å². The van der Waals surface area contributed by atoms with Crippen LogP contribution in [0, 0.1) is 5.53 Å². The summed E-state index contributed by atoms with van der Waals surface area (Å²) in [5.74, 6) is 0. The number of nitrogens with one attached hydrogen (secondary N) is 1. The second-order valence-electron chi connectivity index (χ2n) is 4.15. The first-order chi connectivity index (χ1) is 6.36. The second-order valence-corrected chi connectivity index (χ2v) is 5.86. The molecule has 0 saturated carbocycles. The molecule has 0 amide bonds. The molecule has 14 heavy (non-hydrogen) atoms. The maximum atomic E-state index is 7.02. The number of hydrogen-bond acceptors (Lipinski definition) is 2. The van der Waals surface area contributed by atoms with Crippen molar-refractivity contribution in [3.8, 4) is 0 Å². The van der Waals surface area contributed by atoms with Crippen molar-refractivity contribution < 1.29 is 0 Å². The Morgan fingerprint density at radius 1 is 1.14 bits per heavy atom. The van der Waals surface area contributed by atoms with Gasteiger partial charge in [-0.2, -0.15) is 5.11 Å². The fourth-order valence-electron chi connectivity index (χ4n) is 1.11. The minimum atomic E-state index is 0.103. The van der Waals surface area contributed by atoms with Gasteiger partial charge < -0.3 is 0 Å². The standard InChI is InChI=1S/C10H12Br2N2/c1-10(2,3)6-4-7(11)9(14-13)8(12)5-6/h4-5,13H,1-3H3. The molecule has 4 heteroatoms. The van der Waals surface area contributed by atoms with E-state index in [1.165, 1.54) is 5.56 Å². The normalized spacial score (nSPS) is 11.5. The second kappa shape index (κ2) is 4.11. The molecule has 0 fully saturated rings. The summed E-state index contributed by atoms with van der Waals surface area (Å²) in [7, 11) is 0. The number of nitrogens with zero attached hydrogens (tertiary/aromatic N) is 1. The van der Waals surface area contributed by atoms with Gasteiger partial charge in [0.2, 0.25) is 0 Å². The van der Waals surface area contributed by atoms with Gasteiger partial charge in [-0.3, -0.25) is 0 Å². The van der Waals surface area contributed by atoms with Gasteiger partial charge in [0.1, 0.15) is 5.69 Å². The number of hydrogen-bond donors (Lipinski definition) is 1. The molecule has 2 nitrogen and oxygen atoms in total. The van der Waals surface area contributed by atoms with Crippen LogP contribution >= 0.6 is 31.9 Å². The summed E-state index contributed by atoms with van der Waals surface area (Å²) >= 11 is 6.81. The van der Waals surface area contributed by atoms with Gasteiger partial charge in [-0.15, -0.1) is 0 Å². The summed E-state index contributed by atoms with van der Waals surface area (Å²) in [4.78, 5) is 0. The highest BCUT2D eigenvalue weighted by Gasteiger charge is 2.17. The molecule has 0 spiro atoms. The van der Waals surface area contributed by atoms with Crippen LogP contribution in [-0.2, 0) is 5.41 Å². The lowest BCUT2D eigenvalue weighted by atomic mass is 9.87. The van der Waals surface area contributed by atoms with Crippen LogP contribution in [0.15, 0.2) is 26.2 Å².